The summed E-state index contributed by atoms with van der Waals surface area (Å²) in [6.07, 6.45) is 6.85. The second-order valence-electron chi connectivity index (χ2n) is 8.25. The molecule has 2 aromatic rings. The van der Waals surface area contributed by atoms with E-state index in [2.05, 4.69) is 20.6 Å². The molecule has 1 amide bonds. The van der Waals surface area contributed by atoms with Gasteiger partial charge in [-0.2, -0.15) is 4.98 Å². The van der Waals surface area contributed by atoms with Gasteiger partial charge in [0, 0.05) is 43.0 Å². The molecule has 29 heavy (non-hydrogen) atoms. The van der Waals surface area contributed by atoms with Crippen molar-refractivity contribution in [3.63, 3.8) is 0 Å². The van der Waals surface area contributed by atoms with Crippen molar-refractivity contribution in [2.24, 2.45) is 0 Å². The first-order valence-electron chi connectivity index (χ1n) is 10.3. The van der Waals surface area contributed by atoms with E-state index < -0.39 is 6.10 Å². The smallest absolute Gasteiger partial charge is 0.254 e. The molecule has 0 spiro atoms. The number of nitrogen functional groups attached to an aromatic ring is 1. The molecule has 2 atom stereocenters. The summed E-state index contributed by atoms with van der Waals surface area (Å²) in [5.74, 6) is 0.477. The van der Waals surface area contributed by atoms with Crippen LogP contribution in [0.2, 0.25) is 0 Å². The zero-order valence-electron chi connectivity index (χ0n) is 16.6. The second kappa shape index (κ2) is 7.98. The monoisotopic (exact) mass is 400 g/mol. The number of anilines is 2. The molecule has 0 saturated heterocycles. The standard InChI is InChI=1S/C20H28N6O3/c1-11(27)23-12-2-4-13(5-3-12)24-20-22-10-16-17(21)9-18(29)26(19(16)25-20)14-6-7-15(28)8-14/h9-10,12-15,28H,2-8,21H2,1H3,(H,23,27)(H,22,24,25)/t12-,13-,14?,15-/m1/s1. The molecular formula is C20H28N6O3. The molecule has 1 unspecified atom stereocenters. The van der Waals surface area contributed by atoms with Gasteiger partial charge in [-0.3, -0.25) is 14.2 Å². The van der Waals surface area contributed by atoms with Crippen molar-refractivity contribution in [1.29, 1.82) is 0 Å². The van der Waals surface area contributed by atoms with Crippen LogP contribution in [0.5, 0.6) is 0 Å². The van der Waals surface area contributed by atoms with Crippen molar-refractivity contribution in [3.8, 4) is 0 Å². The molecule has 2 aliphatic rings. The number of pyridine rings is 1. The zero-order chi connectivity index (χ0) is 20.5. The first-order chi connectivity index (χ1) is 13.9. The number of nitrogens with zero attached hydrogens (tertiary/aromatic N) is 3. The van der Waals surface area contributed by atoms with Gasteiger partial charge in [0.2, 0.25) is 11.9 Å². The summed E-state index contributed by atoms with van der Waals surface area (Å²) in [4.78, 5) is 32.9. The molecule has 0 aliphatic heterocycles. The maximum atomic E-state index is 12.7. The Bertz CT molecular complexity index is 967. The van der Waals surface area contributed by atoms with E-state index in [1.807, 2.05) is 0 Å². The quantitative estimate of drug-likeness (QED) is 0.608. The number of fused-ring (bicyclic) bond motifs is 1. The molecule has 0 radical (unpaired) electrons. The van der Waals surface area contributed by atoms with Crippen LogP contribution in [0.1, 0.15) is 57.9 Å². The number of aliphatic hydroxyl groups excluding tert-OH is 1. The first kappa shape index (κ1) is 19.6. The van der Waals surface area contributed by atoms with Crippen molar-refractivity contribution in [1.82, 2.24) is 19.9 Å². The van der Waals surface area contributed by atoms with Gasteiger partial charge in [0.25, 0.3) is 5.56 Å². The number of amides is 1. The van der Waals surface area contributed by atoms with Crippen LogP contribution in [-0.4, -0.2) is 43.7 Å². The second-order valence-corrected chi connectivity index (χ2v) is 8.25. The van der Waals surface area contributed by atoms with E-state index in [9.17, 15) is 14.7 Å². The number of nitrogens with two attached hydrogens (primary N) is 1. The van der Waals surface area contributed by atoms with Gasteiger partial charge >= 0.3 is 0 Å². The van der Waals surface area contributed by atoms with Crippen LogP contribution < -0.4 is 21.9 Å². The van der Waals surface area contributed by atoms with Crippen LogP contribution in [0.15, 0.2) is 17.1 Å². The lowest BCUT2D eigenvalue weighted by atomic mass is 9.91. The molecule has 2 aromatic heterocycles. The highest BCUT2D eigenvalue weighted by molar-refractivity contribution is 5.87. The lowest BCUT2D eigenvalue weighted by molar-refractivity contribution is -0.119. The first-order valence-corrected chi connectivity index (χ1v) is 10.3. The topological polar surface area (TPSA) is 135 Å². The Morgan fingerprint density at radius 3 is 2.59 bits per heavy atom. The minimum Gasteiger partial charge on any atom is -0.398 e. The van der Waals surface area contributed by atoms with Gasteiger partial charge in [0.15, 0.2) is 5.65 Å². The Hall–Kier alpha value is -2.68. The Kier molecular flexibility index (Phi) is 5.40. The minimum atomic E-state index is -0.391. The largest absolute Gasteiger partial charge is 0.398 e. The summed E-state index contributed by atoms with van der Waals surface area (Å²) in [6.45, 7) is 1.54. The van der Waals surface area contributed by atoms with E-state index in [0.717, 1.165) is 32.1 Å². The van der Waals surface area contributed by atoms with Crippen molar-refractivity contribution >= 4 is 28.6 Å². The van der Waals surface area contributed by atoms with E-state index in [1.165, 1.54) is 6.07 Å². The molecule has 0 bridgehead atoms. The normalized spacial score (nSPS) is 27.1. The number of aliphatic hydroxyl groups is 1. The van der Waals surface area contributed by atoms with Gasteiger partial charge in [0.05, 0.1) is 11.5 Å². The number of carbonyl (C=O) groups excluding carboxylic acids is 1. The molecule has 9 heteroatoms. The van der Waals surface area contributed by atoms with Crippen LogP contribution in [0.25, 0.3) is 11.0 Å². The van der Waals surface area contributed by atoms with E-state index in [1.54, 1.807) is 17.7 Å². The maximum Gasteiger partial charge on any atom is 0.254 e. The third-order valence-corrected chi connectivity index (χ3v) is 6.03. The van der Waals surface area contributed by atoms with E-state index in [0.29, 0.717) is 35.5 Å². The third kappa shape index (κ3) is 4.19. The van der Waals surface area contributed by atoms with E-state index >= 15 is 0 Å². The van der Waals surface area contributed by atoms with Gasteiger partial charge in [-0.05, 0) is 44.9 Å². The molecule has 2 fully saturated rings. The predicted molar refractivity (Wildman–Crippen MR) is 111 cm³/mol. The fraction of sp³-hybridized carbons (Fsp3) is 0.600. The number of aromatic nitrogens is 3. The summed E-state index contributed by atoms with van der Waals surface area (Å²) in [5, 5.41) is 16.9. The molecule has 4 rings (SSSR count). The lowest BCUT2D eigenvalue weighted by Crippen LogP contribution is -2.39. The Balaban J connectivity index is 1.57. The third-order valence-electron chi connectivity index (χ3n) is 6.03. The number of carbonyl (C=O) groups is 1. The molecule has 5 N–H and O–H groups in total. The van der Waals surface area contributed by atoms with Crippen molar-refractivity contribution in [2.45, 2.75) is 76.1 Å². The summed E-state index contributed by atoms with van der Waals surface area (Å²) in [5.41, 5.74) is 6.72. The molecule has 9 nitrogen and oxygen atoms in total. The van der Waals surface area contributed by atoms with Crippen LogP contribution in [0.4, 0.5) is 11.6 Å². The molecule has 2 heterocycles. The Morgan fingerprint density at radius 1 is 1.21 bits per heavy atom. The highest BCUT2D eigenvalue weighted by atomic mass is 16.3. The van der Waals surface area contributed by atoms with E-state index in [4.69, 9.17) is 5.73 Å². The Labute approximate surface area is 168 Å². The van der Waals surface area contributed by atoms with Gasteiger partial charge in [-0.15, -0.1) is 0 Å². The van der Waals surface area contributed by atoms with Crippen LogP contribution in [0.3, 0.4) is 0 Å². The van der Waals surface area contributed by atoms with Crippen LogP contribution in [-0.2, 0) is 4.79 Å². The van der Waals surface area contributed by atoms with Crippen molar-refractivity contribution < 1.29 is 9.90 Å². The maximum absolute atomic E-state index is 12.7. The average Bonchev–Trinajstić information content (AvgIpc) is 3.08. The minimum absolute atomic E-state index is 0.00635. The fourth-order valence-electron chi connectivity index (χ4n) is 4.59. The predicted octanol–water partition coefficient (Wildman–Crippen LogP) is 1.32. The molecule has 0 aromatic carbocycles. The van der Waals surface area contributed by atoms with Crippen LogP contribution in [0, 0.1) is 0 Å². The van der Waals surface area contributed by atoms with Gasteiger partial charge in [-0.25, -0.2) is 4.98 Å². The van der Waals surface area contributed by atoms with Gasteiger partial charge in [-0.1, -0.05) is 0 Å². The highest BCUT2D eigenvalue weighted by Crippen LogP contribution is 2.32. The summed E-state index contributed by atoms with van der Waals surface area (Å²) in [6, 6.07) is 1.76. The fourth-order valence-corrected chi connectivity index (χ4v) is 4.59. The zero-order valence-corrected chi connectivity index (χ0v) is 16.6. The molecule has 2 aliphatic carbocycles. The summed E-state index contributed by atoms with van der Waals surface area (Å²) in [7, 11) is 0. The molecule has 2 saturated carbocycles. The van der Waals surface area contributed by atoms with Gasteiger partial charge < -0.3 is 21.5 Å². The number of nitrogens with one attached hydrogen (secondary N) is 2. The molecular weight excluding hydrogens is 372 g/mol. The van der Waals surface area contributed by atoms with Crippen molar-refractivity contribution in [3.05, 3.63) is 22.6 Å². The summed E-state index contributed by atoms with van der Waals surface area (Å²) < 4.78 is 1.66. The van der Waals surface area contributed by atoms with Crippen LogP contribution >= 0.6 is 0 Å². The highest BCUT2D eigenvalue weighted by Gasteiger charge is 2.27. The Morgan fingerprint density at radius 2 is 1.93 bits per heavy atom. The summed E-state index contributed by atoms with van der Waals surface area (Å²) >= 11 is 0. The lowest BCUT2D eigenvalue weighted by Gasteiger charge is -2.29. The van der Waals surface area contributed by atoms with Gasteiger partial charge in [0.1, 0.15) is 0 Å². The number of hydrogen-bond acceptors (Lipinski definition) is 7. The average molecular weight is 400 g/mol. The van der Waals surface area contributed by atoms with E-state index in [-0.39, 0.29) is 29.6 Å². The number of rotatable bonds is 4. The number of hydrogen-bond donors (Lipinski definition) is 4. The van der Waals surface area contributed by atoms with Crippen molar-refractivity contribution in [2.75, 3.05) is 11.1 Å². The SMILES string of the molecule is CC(=O)N[C@H]1CC[C@H](Nc2ncc3c(N)cc(=O)n(C4CC[C@@H](O)C4)c3n2)CC1. The molecule has 156 valence electrons.